The first-order chi connectivity index (χ1) is 16.9. The Balaban J connectivity index is 1.47. The number of benzene rings is 3. The van der Waals surface area contributed by atoms with Gasteiger partial charge in [-0.3, -0.25) is 14.4 Å². The summed E-state index contributed by atoms with van der Waals surface area (Å²) >= 11 is 0. The number of hydrogen-bond donors (Lipinski definition) is 3. The SMILES string of the molecule is Cc1cc(C)cc(NC(=O)COc2ccccc2/C=N\NC(=O)C(=O)NCCc2ccccc2)c1. The number of amides is 3. The van der Waals surface area contributed by atoms with Crippen molar-refractivity contribution in [2.24, 2.45) is 5.10 Å². The van der Waals surface area contributed by atoms with Gasteiger partial charge in [0, 0.05) is 17.8 Å². The number of hydrogen-bond acceptors (Lipinski definition) is 5. The Labute approximate surface area is 204 Å². The standard InChI is InChI=1S/C27H28N4O4/c1-19-14-20(2)16-23(15-19)30-25(32)18-35-24-11-7-6-10-22(24)17-29-31-27(34)26(33)28-13-12-21-8-4-3-5-9-21/h3-11,14-17H,12-13,18H2,1-2H3,(H,28,33)(H,30,32)(H,31,34)/b29-17-. The highest BCUT2D eigenvalue weighted by molar-refractivity contribution is 6.35. The summed E-state index contributed by atoms with van der Waals surface area (Å²) in [7, 11) is 0. The third kappa shape index (κ3) is 8.43. The first kappa shape index (κ1) is 25.2. The van der Waals surface area contributed by atoms with E-state index in [2.05, 4.69) is 21.2 Å². The summed E-state index contributed by atoms with van der Waals surface area (Å²) in [5.41, 5.74) is 6.60. The molecule has 3 amide bonds. The lowest BCUT2D eigenvalue weighted by atomic mass is 10.1. The molecule has 0 aliphatic rings. The van der Waals surface area contributed by atoms with Crippen molar-refractivity contribution >= 4 is 29.6 Å². The summed E-state index contributed by atoms with van der Waals surface area (Å²) < 4.78 is 5.64. The van der Waals surface area contributed by atoms with Gasteiger partial charge in [0.2, 0.25) is 0 Å². The molecular formula is C27H28N4O4. The fourth-order valence-corrected chi connectivity index (χ4v) is 3.36. The van der Waals surface area contributed by atoms with E-state index in [1.165, 1.54) is 6.21 Å². The fraction of sp³-hybridized carbons (Fsp3) is 0.185. The van der Waals surface area contributed by atoms with E-state index < -0.39 is 11.8 Å². The van der Waals surface area contributed by atoms with Crippen LogP contribution in [0.15, 0.2) is 77.9 Å². The van der Waals surface area contributed by atoms with E-state index >= 15 is 0 Å². The van der Waals surface area contributed by atoms with E-state index in [0.29, 0.717) is 30.0 Å². The van der Waals surface area contributed by atoms with E-state index in [0.717, 1.165) is 16.7 Å². The molecule has 0 fully saturated rings. The first-order valence-corrected chi connectivity index (χ1v) is 11.2. The summed E-state index contributed by atoms with van der Waals surface area (Å²) in [6, 6.07) is 22.3. The van der Waals surface area contributed by atoms with Gasteiger partial charge < -0.3 is 15.4 Å². The lowest BCUT2D eigenvalue weighted by molar-refractivity contribution is -0.139. The number of anilines is 1. The lowest BCUT2D eigenvalue weighted by Crippen LogP contribution is -2.38. The van der Waals surface area contributed by atoms with Crippen molar-refractivity contribution in [3.05, 3.63) is 95.1 Å². The minimum Gasteiger partial charge on any atom is -0.483 e. The number of carbonyl (C=O) groups is 3. The molecule has 0 aliphatic carbocycles. The molecule has 35 heavy (non-hydrogen) atoms. The Morgan fingerprint density at radius 3 is 2.31 bits per heavy atom. The highest BCUT2D eigenvalue weighted by Crippen LogP contribution is 2.17. The Bertz CT molecular complexity index is 1190. The van der Waals surface area contributed by atoms with Gasteiger partial charge in [0.25, 0.3) is 5.91 Å². The van der Waals surface area contributed by atoms with Crippen LogP contribution < -0.4 is 20.8 Å². The van der Waals surface area contributed by atoms with Crippen LogP contribution in [0.25, 0.3) is 0 Å². The maximum Gasteiger partial charge on any atom is 0.329 e. The first-order valence-electron chi connectivity index (χ1n) is 11.2. The van der Waals surface area contributed by atoms with E-state index in [1.807, 2.05) is 62.4 Å². The molecule has 0 saturated carbocycles. The number of hydrazone groups is 1. The molecule has 0 unspecified atom stereocenters. The molecule has 0 saturated heterocycles. The summed E-state index contributed by atoms with van der Waals surface area (Å²) in [5, 5.41) is 9.21. The highest BCUT2D eigenvalue weighted by atomic mass is 16.5. The number of rotatable bonds is 9. The van der Waals surface area contributed by atoms with Crippen molar-refractivity contribution in [2.75, 3.05) is 18.5 Å². The van der Waals surface area contributed by atoms with Crippen molar-refractivity contribution in [1.29, 1.82) is 0 Å². The molecule has 8 heteroatoms. The number of nitrogens with one attached hydrogen (secondary N) is 3. The zero-order chi connectivity index (χ0) is 25.0. The second-order valence-corrected chi connectivity index (χ2v) is 7.94. The second-order valence-electron chi connectivity index (χ2n) is 7.94. The Morgan fingerprint density at radius 2 is 1.57 bits per heavy atom. The number of ether oxygens (including phenoxy) is 1. The topological polar surface area (TPSA) is 109 Å². The van der Waals surface area contributed by atoms with Crippen LogP contribution >= 0.6 is 0 Å². The van der Waals surface area contributed by atoms with Gasteiger partial charge in [-0.1, -0.05) is 48.5 Å². The number of nitrogens with zero attached hydrogens (tertiary/aromatic N) is 1. The molecule has 3 aromatic rings. The van der Waals surface area contributed by atoms with E-state index in [4.69, 9.17) is 4.74 Å². The average molecular weight is 473 g/mol. The van der Waals surface area contributed by atoms with Crippen molar-refractivity contribution < 1.29 is 19.1 Å². The third-order valence-corrected chi connectivity index (χ3v) is 4.90. The highest BCUT2D eigenvalue weighted by Gasteiger charge is 2.12. The molecule has 0 bridgehead atoms. The number of aryl methyl sites for hydroxylation is 2. The van der Waals surface area contributed by atoms with Crippen molar-refractivity contribution in [1.82, 2.24) is 10.7 Å². The monoisotopic (exact) mass is 472 g/mol. The van der Waals surface area contributed by atoms with Gasteiger partial charge in [-0.2, -0.15) is 5.10 Å². The Kier molecular flexibility index (Phi) is 9.13. The molecular weight excluding hydrogens is 444 g/mol. The van der Waals surface area contributed by atoms with Gasteiger partial charge in [0.05, 0.1) is 6.21 Å². The van der Waals surface area contributed by atoms with Crippen LogP contribution in [-0.2, 0) is 20.8 Å². The minimum atomic E-state index is -0.875. The van der Waals surface area contributed by atoms with Crippen LogP contribution in [0.3, 0.4) is 0 Å². The molecule has 0 heterocycles. The quantitative estimate of drug-likeness (QED) is 0.253. The molecule has 0 aliphatic heterocycles. The smallest absolute Gasteiger partial charge is 0.329 e. The van der Waals surface area contributed by atoms with Gasteiger partial charge in [-0.15, -0.1) is 0 Å². The van der Waals surface area contributed by atoms with Crippen LogP contribution in [0.4, 0.5) is 5.69 Å². The van der Waals surface area contributed by atoms with Crippen LogP contribution in [0.1, 0.15) is 22.3 Å². The predicted octanol–water partition coefficient (Wildman–Crippen LogP) is 3.13. The zero-order valence-corrected chi connectivity index (χ0v) is 19.7. The summed E-state index contributed by atoms with van der Waals surface area (Å²) in [4.78, 5) is 36.2. The van der Waals surface area contributed by atoms with E-state index in [-0.39, 0.29) is 12.5 Å². The summed E-state index contributed by atoms with van der Waals surface area (Å²) in [6.45, 7) is 4.05. The number of para-hydroxylation sites is 1. The molecule has 3 rings (SSSR count). The molecule has 0 spiro atoms. The van der Waals surface area contributed by atoms with Crippen molar-refractivity contribution in [3.8, 4) is 5.75 Å². The molecule has 8 nitrogen and oxygen atoms in total. The summed E-state index contributed by atoms with van der Waals surface area (Å²) in [5.74, 6) is -1.54. The van der Waals surface area contributed by atoms with Gasteiger partial charge in [0.1, 0.15) is 5.75 Å². The molecule has 0 atom stereocenters. The minimum absolute atomic E-state index is 0.200. The molecule has 0 aromatic heterocycles. The largest absolute Gasteiger partial charge is 0.483 e. The lowest BCUT2D eigenvalue weighted by Gasteiger charge is -2.10. The van der Waals surface area contributed by atoms with Crippen LogP contribution in [-0.4, -0.2) is 37.1 Å². The number of carbonyl (C=O) groups excluding carboxylic acids is 3. The fourth-order valence-electron chi connectivity index (χ4n) is 3.36. The van der Waals surface area contributed by atoms with Crippen LogP contribution in [0, 0.1) is 13.8 Å². The van der Waals surface area contributed by atoms with Gasteiger partial charge in [0.15, 0.2) is 6.61 Å². The van der Waals surface area contributed by atoms with Gasteiger partial charge >= 0.3 is 11.8 Å². The maximum atomic E-state index is 12.3. The third-order valence-electron chi connectivity index (χ3n) is 4.90. The van der Waals surface area contributed by atoms with Crippen molar-refractivity contribution in [3.63, 3.8) is 0 Å². The van der Waals surface area contributed by atoms with Gasteiger partial charge in [-0.05, 0) is 61.2 Å². The Morgan fingerprint density at radius 1 is 0.886 bits per heavy atom. The molecule has 3 aromatic carbocycles. The van der Waals surface area contributed by atoms with Gasteiger partial charge in [-0.25, -0.2) is 5.43 Å². The average Bonchev–Trinajstić information content (AvgIpc) is 2.83. The molecule has 0 radical (unpaired) electrons. The summed E-state index contributed by atoms with van der Waals surface area (Å²) in [6.07, 6.45) is 1.97. The zero-order valence-electron chi connectivity index (χ0n) is 19.7. The van der Waals surface area contributed by atoms with Crippen molar-refractivity contribution in [2.45, 2.75) is 20.3 Å². The predicted molar refractivity (Wildman–Crippen MR) is 135 cm³/mol. The Hall–Kier alpha value is -4.46. The normalized spacial score (nSPS) is 10.6. The van der Waals surface area contributed by atoms with E-state index in [9.17, 15) is 14.4 Å². The maximum absolute atomic E-state index is 12.3. The second kappa shape index (κ2) is 12.7. The molecule has 3 N–H and O–H groups in total. The molecule has 180 valence electrons. The van der Waals surface area contributed by atoms with E-state index in [1.54, 1.807) is 24.3 Å². The van der Waals surface area contributed by atoms with Crippen LogP contribution in [0.2, 0.25) is 0 Å². The van der Waals surface area contributed by atoms with Crippen LogP contribution in [0.5, 0.6) is 5.75 Å².